The zero-order chi connectivity index (χ0) is 58.1. The lowest BCUT2D eigenvalue weighted by Crippen LogP contribution is -2.61. The summed E-state index contributed by atoms with van der Waals surface area (Å²) in [6, 6.07) is 112. The van der Waals surface area contributed by atoms with Crippen LogP contribution in [0.2, 0.25) is 0 Å². The molecule has 7 nitrogen and oxygen atoms in total. The second-order valence-electron chi connectivity index (χ2n) is 22.5. The van der Waals surface area contributed by atoms with E-state index in [0.717, 1.165) is 123 Å². The average molecular weight is 1120 g/mol. The van der Waals surface area contributed by atoms with Gasteiger partial charge < -0.3 is 14.4 Å². The van der Waals surface area contributed by atoms with Crippen LogP contribution in [-0.4, -0.2) is 31.2 Å². The van der Waals surface area contributed by atoms with Crippen molar-refractivity contribution in [3.05, 3.63) is 315 Å². The average Bonchev–Trinajstić information content (AvgIpc) is 0.849. The Morgan fingerprint density at radius 1 is 0.261 bits per heavy atom. The van der Waals surface area contributed by atoms with Crippen molar-refractivity contribution in [2.24, 2.45) is 0 Å². The molecule has 0 aliphatic carbocycles. The van der Waals surface area contributed by atoms with E-state index in [9.17, 15) is 0 Å². The Balaban J connectivity index is 0.899. The quantitative estimate of drug-likeness (QED) is 0.127. The maximum absolute atomic E-state index is 5.74. The molecule has 0 fully saturated rings. The van der Waals surface area contributed by atoms with E-state index in [1.54, 1.807) is 0 Å². The monoisotopic (exact) mass is 1120 g/mol. The highest BCUT2D eigenvalue weighted by Crippen LogP contribution is 2.48. The van der Waals surface area contributed by atoms with Gasteiger partial charge in [-0.05, 0) is 113 Å². The molecule has 12 aromatic carbocycles. The lowest BCUT2D eigenvalue weighted by molar-refractivity contribution is 1.13. The van der Waals surface area contributed by atoms with Crippen LogP contribution in [0.5, 0.6) is 0 Å². The number of fused-ring (bicyclic) bond motifs is 7. The largest absolute Gasteiger partial charge is 0.311 e. The molecule has 2 aliphatic rings. The third kappa shape index (κ3) is 8.52. The number of para-hydroxylation sites is 6. The van der Waals surface area contributed by atoms with Crippen molar-refractivity contribution in [1.29, 1.82) is 0 Å². The zero-order valence-electron chi connectivity index (χ0n) is 47.7. The third-order valence-electron chi connectivity index (χ3n) is 17.4. The first-order valence-corrected chi connectivity index (χ1v) is 29.9. The molecule has 17 rings (SSSR count). The van der Waals surface area contributed by atoms with Gasteiger partial charge in [-0.25, -0.2) is 19.9 Å². The first-order valence-electron chi connectivity index (χ1n) is 29.9. The maximum atomic E-state index is 5.74. The molecule has 0 bridgehead atoms. The van der Waals surface area contributed by atoms with Crippen LogP contribution in [0, 0.1) is 0 Å². The molecule has 15 aromatic rings. The molecule has 5 heterocycles. The topological polar surface area (TPSA) is 63.0 Å². The lowest BCUT2D eigenvalue weighted by atomic mass is 9.33. The molecule has 8 heteroatoms. The Labute approximate surface area is 510 Å². The van der Waals surface area contributed by atoms with Gasteiger partial charge >= 0.3 is 0 Å². The minimum absolute atomic E-state index is 0.0334. The van der Waals surface area contributed by atoms with E-state index >= 15 is 0 Å². The molecule has 0 amide bonds. The van der Waals surface area contributed by atoms with Crippen molar-refractivity contribution < 1.29 is 0 Å². The first-order chi connectivity index (χ1) is 43.7. The second kappa shape index (κ2) is 21.1. The summed E-state index contributed by atoms with van der Waals surface area (Å²) in [5, 5.41) is 2.32. The fraction of sp³-hybridized carbons (Fsp3) is 0. The molecule has 0 saturated heterocycles. The number of benzene rings is 12. The molecule has 3 aromatic heterocycles. The normalized spacial score (nSPS) is 12.2. The van der Waals surface area contributed by atoms with Crippen LogP contribution in [-0.2, 0) is 0 Å². The number of hydrogen-bond donors (Lipinski definition) is 0. The summed E-state index contributed by atoms with van der Waals surface area (Å²) >= 11 is 0. The van der Waals surface area contributed by atoms with Crippen LogP contribution in [0.25, 0.3) is 106 Å². The molecule has 88 heavy (non-hydrogen) atoms. The van der Waals surface area contributed by atoms with Crippen molar-refractivity contribution >= 4 is 79.0 Å². The molecular formula is C80H52BN7. The van der Waals surface area contributed by atoms with Crippen LogP contribution in [0.15, 0.2) is 315 Å². The Hall–Kier alpha value is -11.7. The summed E-state index contributed by atoms with van der Waals surface area (Å²) in [6.45, 7) is -0.0334. The number of nitrogens with zero attached hydrogens (tertiary/aromatic N) is 7. The van der Waals surface area contributed by atoms with Crippen LogP contribution < -0.4 is 26.2 Å². The van der Waals surface area contributed by atoms with E-state index in [2.05, 4.69) is 318 Å². The summed E-state index contributed by atoms with van der Waals surface area (Å²) < 4.78 is 2.36. The van der Waals surface area contributed by atoms with Crippen molar-refractivity contribution in [2.45, 2.75) is 0 Å². The van der Waals surface area contributed by atoms with E-state index in [-0.39, 0.29) is 6.71 Å². The Kier molecular flexibility index (Phi) is 12.2. The van der Waals surface area contributed by atoms with Gasteiger partial charge in [-0.15, -0.1) is 0 Å². The number of hydrogen-bond acceptors (Lipinski definition) is 6. The van der Waals surface area contributed by atoms with Crippen molar-refractivity contribution in [1.82, 2.24) is 24.5 Å². The number of rotatable bonds is 10. The van der Waals surface area contributed by atoms with Crippen LogP contribution in [0.4, 0.5) is 34.1 Å². The maximum Gasteiger partial charge on any atom is 0.252 e. The second-order valence-corrected chi connectivity index (χ2v) is 22.5. The van der Waals surface area contributed by atoms with Crippen LogP contribution >= 0.6 is 0 Å². The number of anilines is 6. The van der Waals surface area contributed by atoms with E-state index in [1.807, 2.05) is 12.1 Å². The zero-order valence-corrected chi connectivity index (χ0v) is 47.7. The van der Waals surface area contributed by atoms with Crippen LogP contribution in [0.1, 0.15) is 0 Å². The summed E-state index contributed by atoms with van der Waals surface area (Å²) in [7, 11) is 0. The predicted molar refractivity (Wildman–Crippen MR) is 364 cm³/mol. The highest BCUT2D eigenvalue weighted by atomic mass is 15.2. The summed E-state index contributed by atoms with van der Waals surface area (Å²) in [4.78, 5) is 27.0. The van der Waals surface area contributed by atoms with Crippen molar-refractivity contribution in [3.8, 4) is 84.6 Å². The summed E-state index contributed by atoms with van der Waals surface area (Å²) in [5.41, 5.74) is 24.8. The van der Waals surface area contributed by atoms with Crippen molar-refractivity contribution in [2.75, 3.05) is 9.80 Å². The molecule has 0 atom stereocenters. The molecule has 0 radical (unpaired) electrons. The van der Waals surface area contributed by atoms with Gasteiger partial charge in [0.25, 0.3) is 6.71 Å². The first kappa shape index (κ1) is 50.8. The molecule has 0 N–H and O–H groups in total. The molecule has 0 unspecified atom stereocenters. The van der Waals surface area contributed by atoms with E-state index in [1.165, 1.54) is 22.1 Å². The third-order valence-corrected chi connectivity index (χ3v) is 17.4. The van der Waals surface area contributed by atoms with Gasteiger partial charge in [0.2, 0.25) is 0 Å². The van der Waals surface area contributed by atoms with Gasteiger partial charge in [0.15, 0.2) is 11.6 Å². The molecular weight excluding hydrogens is 1070 g/mol. The van der Waals surface area contributed by atoms with E-state index in [0.29, 0.717) is 11.6 Å². The van der Waals surface area contributed by atoms with E-state index in [4.69, 9.17) is 19.9 Å². The Bertz CT molecular complexity index is 5050. The van der Waals surface area contributed by atoms with Gasteiger partial charge in [0.1, 0.15) is 0 Å². The molecule has 2 aliphatic heterocycles. The molecule has 0 spiro atoms. The van der Waals surface area contributed by atoms with E-state index < -0.39 is 0 Å². The Morgan fingerprint density at radius 3 is 1.26 bits per heavy atom. The fourth-order valence-corrected chi connectivity index (χ4v) is 13.5. The fourth-order valence-electron chi connectivity index (χ4n) is 13.5. The van der Waals surface area contributed by atoms with Gasteiger partial charge in [0, 0.05) is 78.2 Å². The molecule has 0 saturated carbocycles. The minimum Gasteiger partial charge on any atom is -0.311 e. The van der Waals surface area contributed by atoms with Gasteiger partial charge in [-0.3, -0.25) is 0 Å². The summed E-state index contributed by atoms with van der Waals surface area (Å²) in [5.74, 6) is 1.17. The molecule has 410 valence electrons. The lowest BCUT2D eigenvalue weighted by Gasteiger charge is -2.45. The number of aromatic nitrogens is 5. The van der Waals surface area contributed by atoms with Gasteiger partial charge in [0.05, 0.1) is 45.2 Å². The highest BCUT2D eigenvalue weighted by Gasteiger charge is 2.44. The predicted octanol–water partition coefficient (Wildman–Crippen LogP) is 18.1. The summed E-state index contributed by atoms with van der Waals surface area (Å²) in [6.07, 6.45) is 0. The van der Waals surface area contributed by atoms with Gasteiger partial charge in [-0.2, -0.15) is 0 Å². The smallest absolute Gasteiger partial charge is 0.252 e. The minimum atomic E-state index is -0.0334. The SMILES string of the molecule is c1ccc(-c2cc(-c3ccccc3)nc(-c3ccc(-n4c5ccccc5c5ccccc54)c(-c4nc(-c5ccccc5)cc(-c5cccc(-c6ccc7c8c6N(c6ccccc6)c6ccccc6B8c6ccccc6N7c6ccccc6)c5)n4)c3)n2)cc1. The highest BCUT2D eigenvalue weighted by molar-refractivity contribution is 7.00. The van der Waals surface area contributed by atoms with Gasteiger partial charge in [-0.1, -0.05) is 224 Å². The van der Waals surface area contributed by atoms with Crippen molar-refractivity contribution in [3.63, 3.8) is 0 Å². The van der Waals surface area contributed by atoms with Crippen LogP contribution in [0.3, 0.4) is 0 Å². The Morgan fingerprint density at radius 2 is 0.693 bits per heavy atom. The standard InChI is InChI=1S/C80H52BN7/c1-6-25-53(26-7-1)67-51-68(54-27-8-2-9-28-54)83-79(82-67)58-45-47-73(88-71-41-20-16-37-62(71)63-38-17-21-42-72(63)88)64(50-58)80-84-69(55-29-10-3-11-30-55)52-70(85-80)57-32-24-31-56(49-57)61-46-48-76-77-78(61)87(60-35-14-5-15-36-60)75-44-23-19-40-66(75)81(77)65-39-18-22-43-74(65)86(76)59-33-12-4-13-34-59/h1-52H.